The Kier molecular flexibility index (Phi) is 8.97. The third-order valence-corrected chi connectivity index (χ3v) is 0.632. The first-order chi connectivity index (χ1) is 2.27. The molecule has 0 bridgehead atoms. The summed E-state index contributed by atoms with van der Waals surface area (Å²) in [4.78, 5) is 0. The number of hydrogen-bond donors (Lipinski definition) is 0. The van der Waals surface area contributed by atoms with Crippen LogP contribution in [0, 0.1) is 0 Å². The fourth-order valence-corrected chi connectivity index (χ4v) is 0. The average Bonchev–Trinajstić information content (AvgIpc) is 1.38. The minimum absolute atomic E-state index is 0. The molecule has 0 saturated carbocycles. The zero-order valence-corrected chi connectivity index (χ0v) is 6.65. The Bertz CT molecular complexity index is 40.5. The summed E-state index contributed by atoms with van der Waals surface area (Å²) in [5, 5.41) is 0. The van der Waals surface area contributed by atoms with Crippen molar-refractivity contribution in [3.05, 3.63) is 0 Å². The molecule has 0 amide bonds. The van der Waals surface area contributed by atoms with Crippen molar-refractivity contribution in [2.24, 2.45) is 0 Å². The van der Waals surface area contributed by atoms with Gasteiger partial charge in [-0.25, -0.2) is 0 Å². The van der Waals surface area contributed by atoms with Crippen molar-refractivity contribution in [3.8, 4) is 0 Å². The average molecular weight is 137 g/mol. The van der Waals surface area contributed by atoms with Crippen LogP contribution in [0.4, 0.5) is 0 Å². The summed E-state index contributed by atoms with van der Waals surface area (Å²) < 4.78 is 11.3. The third kappa shape index (κ3) is 8.82. The van der Waals surface area contributed by atoms with E-state index in [4.69, 9.17) is 0 Å². The van der Waals surface area contributed by atoms with Gasteiger partial charge in [0.15, 0.2) is 0 Å². The van der Waals surface area contributed by atoms with Crippen molar-refractivity contribution in [1.82, 2.24) is 4.57 Å². The minimum atomic E-state index is -0.685. The maximum Gasteiger partial charge on any atom is 3.00 e. The number of nitrogens with zero attached hydrogens (tertiary/aromatic N) is 1. The van der Waals surface area contributed by atoms with Crippen LogP contribution in [0.15, 0.2) is 0 Å². The Labute approximate surface area is 54.8 Å². The molecule has 2 nitrogen and oxygen atoms in total. The molecule has 6 heavy (non-hydrogen) atoms. The largest absolute Gasteiger partial charge is 3.00 e. The van der Waals surface area contributed by atoms with Gasteiger partial charge in [-0.2, -0.15) is 0 Å². The zero-order valence-electron chi connectivity index (χ0n) is 3.93. The Hall–Kier alpha value is 0.531. The van der Waals surface area contributed by atoms with E-state index in [0.29, 0.717) is 0 Å². The van der Waals surface area contributed by atoms with Gasteiger partial charge >= 0.3 is 31.3 Å². The number of rotatable bonds is 1. The van der Waals surface area contributed by atoms with Crippen LogP contribution in [0.5, 0.6) is 0 Å². The van der Waals surface area contributed by atoms with E-state index in [1.54, 1.807) is 18.7 Å². The summed E-state index contributed by atoms with van der Waals surface area (Å²) in [5.74, 6) is 0. The molecule has 0 aliphatic heterocycles. The Morgan fingerprint density at radius 3 is 1.67 bits per heavy atom. The van der Waals surface area contributed by atoms with Gasteiger partial charge in [0.05, 0.1) is 0 Å². The molecule has 4 heteroatoms. The van der Waals surface area contributed by atoms with E-state index in [1.165, 1.54) is 0 Å². The molecule has 0 heterocycles. The maximum absolute atomic E-state index is 9.64. The standard InChI is InChI=1S/C2H7NOSi.Ti/c1-3(2)5-4;/h5H,1-2H3;/q;+3. The predicted molar refractivity (Wildman–Crippen MR) is 21.5 cm³/mol. The summed E-state index contributed by atoms with van der Waals surface area (Å²) in [6.45, 7) is 0. The van der Waals surface area contributed by atoms with Gasteiger partial charge in [0.1, 0.15) is 0 Å². The van der Waals surface area contributed by atoms with E-state index in [1.807, 2.05) is 0 Å². The second-order valence-electron chi connectivity index (χ2n) is 1.07. The molecule has 0 unspecified atom stereocenters. The summed E-state index contributed by atoms with van der Waals surface area (Å²) in [6.07, 6.45) is 0. The summed E-state index contributed by atoms with van der Waals surface area (Å²) >= 11 is 0. The molecule has 0 aromatic rings. The van der Waals surface area contributed by atoms with Gasteiger partial charge in [0, 0.05) is 0 Å². The van der Waals surface area contributed by atoms with Crippen molar-refractivity contribution in [3.63, 3.8) is 0 Å². The van der Waals surface area contributed by atoms with Gasteiger partial charge in [0.25, 0.3) is 0 Å². The first kappa shape index (κ1) is 9.73. The molecule has 0 aromatic carbocycles. The molecule has 0 atom stereocenters. The van der Waals surface area contributed by atoms with E-state index >= 15 is 0 Å². The topological polar surface area (TPSA) is 20.3 Å². The minimum Gasteiger partial charge on any atom is -0.385 e. The van der Waals surface area contributed by atoms with Crippen molar-refractivity contribution in [2.75, 3.05) is 14.1 Å². The van der Waals surface area contributed by atoms with Crippen molar-refractivity contribution < 1.29 is 26.2 Å². The molecule has 0 aliphatic carbocycles. The van der Waals surface area contributed by atoms with Crippen LogP contribution in [0.3, 0.4) is 0 Å². The van der Waals surface area contributed by atoms with E-state index in [-0.39, 0.29) is 21.7 Å². The molecule has 0 aromatic heterocycles. The zero-order chi connectivity index (χ0) is 4.28. The fourth-order valence-electron chi connectivity index (χ4n) is 0. The van der Waals surface area contributed by atoms with Crippen LogP contribution in [0.25, 0.3) is 0 Å². The van der Waals surface area contributed by atoms with Gasteiger partial charge in [-0.15, -0.1) is 0 Å². The molecular weight excluding hydrogens is 130 g/mol. The Morgan fingerprint density at radius 2 is 1.67 bits per heavy atom. The van der Waals surface area contributed by atoms with E-state index < -0.39 is 9.57 Å². The monoisotopic (exact) mass is 137 g/mol. The van der Waals surface area contributed by atoms with Crippen LogP contribution in [0.1, 0.15) is 0 Å². The van der Waals surface area contributed by atoms with Gasteiger partial charge < -0.3 is 9.03 Å². The molecule has 0 spiro atoms. The van der Waals surface area contributed by atoms with Crippen LogP contribution in [0.2, 0.25) is 0 Å². The molecule has 0 N–H and O–H groups in total. The number of hydrogen-bond acceptors (Lipinski definition) is 1. The first-order valence-corrected chi connectivity index (χ1v) is 2.38. The predicted octanol–water partition coefficient (Wildman–Crippen LogP) is -0.758. The fraction of sp³-hybridized carbons (Fsp3) is 1.00. The molecule has 0 saturated heterocycles. The second kappa shape index (κ2) is 5.53. The Morgan fingerprint density at radius 1 is 1.50 bits per heavy atom. The molecule has 0 fully saturated rings. The smallest absolute Gasteiger partial charge is 0.385 e. The summed E-state index contributed by atoms with van der Waals surface area (Å²) in [7, 11) is 2.87. The molecule has 0 aliphatic rings. The summed E-state index contributed by atoms with van der Waals surface area (Å²) in [5.41, 5.74) is 0. The van der Waals surface area contributed by atoms with Gasteiger partial charge in [0.2, 0.25) is 0 Å². The molecule has 1 radical (unpaired) electrons. The van der Waals surface area contributed by atoms with Crippen LogP contribution < -0.4 is 0 Å². The van der Waals surface area contributed by atoms with E-state index in [0.717, 1.165) is 0 Å². The first-order valence-electron chi connectivity index (χ1n) is 1.39. The third-order valence-electron chi connectivity index (χ3n) is 0.211. The van der Waals surface area contributed by atoms with Crippen LogP contribution >= 0.6 is 0 Å². The maximum atomic E-state index is 9.64. The Balaban J connectivity index is 0. The molecule has 31 valence electrons. The van der Waals surface area contributed by atoms with E-state index in [9.17, 15) is 4.46 Å². The van der Waals surface area contributed by atoms with Crippen LogP contribution in [-0.2, 0) is 26.2 Å². The van der Waals surface area contributed by atoms with Gasteiger partial charge in [-0.3, -0.25) is 0 Å². The molecular formula is C2H7NOSiTi+3. The van der Waals surface area contributed by atoms with Crippen molar-refractivity contribution >= 4 is 9.57 Å². The van der Waals surface area contributed by atoms with Crippen molar-refractivity contribution in [1.29, 1.82) is 0 Å². The normalized spacial score (nSPS) is 5.67. The summed E-state index contributed by atoms with van der Waals surface area (Å²) in [6, 6.07) is 0. The quantitative estimate of drug-likeness (QED) is 0.443. The van der Waals surface area contributed by atoms with Crippen LogP contribution in [-0.4, -0.2) is 28.2 Å². The van der Waals surface area contributed by atoms with Crippen molar-refractivity contribution in [2.45, 2.75) is 0 Å². The van der Waals surface area contributed by atoms with E-state index in [2.05, 4.69) is 0 Å². The molecule has 0 rings (SSSR count). The van der Waals surface area contributed by atoms with Gasteiger partial charge in [-0.1, -0.05) is 0 Å². The van der Waals surface area contributed by atoms with Gasteiger partial charge in [-0.05, 0) is 14.1 Å². The SMILES string of the molecule is CN(C)[SiH]=O.[Ti+3]. The second-order valence-corrected chi connectivity index (χ2v) is 2.31.